The molecule has 6 heteroatoms. The summed E-state index contributed by atoms with van der Waals surface area (Å²) in [7, 11) is 0. The first-order valence-electron chi connectivity index (χ1n) is 11.3. The van der Waals surface area contributed by atoms with Crippen LogP contribution in [0.1, 0.15) is 51.9 Å². The summed E-state index contributed by atoms with van der Waals surface area (Å²) in [6.45, 7) is 5.34. The van der Waals surface area contributed by atoms with Crippen molar-refractivity contribution < 1.29 is 28.4 Å². The minimum absolute atomic E-state index is 0.145. The predicted molar refractivity (Wildman–Crippen MR) is 99.7 cm³/mol. The van der Waals surface area contributed by atoms with Gasteiger partial charge in [-0.15, -0.1) is 0 Å². The molecule has 4 aliphatic heterocycles. The molecular weight excluding hydrogens is 360 g/mol. The van der Waals surface area contributed by atoms with E-state index in [1.54, 1.807) is 5.92 Å². The average Bonchev–Trinajstić information content (AvgIpc) is 3.54. The van der Waals surface area contributed by atoms with E-state index in [4.69, 9.17) is 28.4 Å². The third-order valence-electron chi connectivity index (χ3n) is 7.78. The van der Waals surface area contributed by atoms with Crippen LogP contribution in [0.3, 0.4) is 0 Å². The number of hydrogen-bond donors (Lipinski definition) is 0. The SMILES string of the molecule is CC1(CCC(OCC2CO2)OCC2CO2)[C](C2CCC3OC3C2)CCC2OC21. The molecule has 0 N–H and O–H groups in total. The third kappa shape index (κ3) is 3.88. The molecule has 0 spiro atoms. The zero-order valence-electron chi connectivity index (χ0n) is 16.8. The lowest BCUT2D eigenvalue weighted by Gasteiger charge is -2.44. The van der Waals surface area contributed by atoms with Crippen molar-refractivity contribution in [2.75, 3.05) is 26.4 Å². The standard InChI is InChI=1S/C22H33O6/c1-22(7-6-20(25-11-14-9-23-14)26-12-15-10-24-15)16(3-5-18-21(22)28-18)13-2-4-17-19(8-13)27-17/h13-15,17-21H,2-12H2,1H3. The summed E-state index contributed by atoms with van der Waals surface area (Å²) in [5.41, 5.74) is 0.145. The Bertz CT molecular complexity index is 561. The molecule has 6 nitrogen and oxygen atoms in total. The Morgan fingerprint density at radius 1 is 0.964 bits per heavy atom. The first kappa shape index (κ1) is 18.5. The van der Waals surface area contributed by atoms with Crippen molar-refractivity contribution >= 4 is 0 Å². The minimum atomic E-state index is -0.173. The largest absolute Gasteiger partial charge is 0.371 e. The van der Waals surface area contributed by atoms with E-state index in [2.05, 4.69) is 6.92 Å². The van der Waals surface area contributed by atoms with Crippen LogP contribution < -0.4 is 0 Å². The number of fused-ring (bicyclic) bond motifs is 2. The molecule has 6 fully saturated rings. The molecular formula is C22H33O6. The summed E-state index contributed by atoms with van der Waals surface area (Å²) in [5, 5.41) is 0. The second kappa shape index (κ2) is 7.17. The second-order valence-electron chi connectivity index (χ2n) is 9.85. The van der Waals surface area contributed by atoms with Gasteiger partial charge in [0.1, 0.15) is 12.2 Å². The van der Waals surface area contributed by atoms with Gasteiger partial charge >= 0.3 is 0 Å². The van der Waals surface area contributed by atoms with Gasteiger partial charge in [0, 0.05) is 5.41 Å². The van der Waals surface area contributed by atoms with Crippen molar-refractivity contribution in [3.05, 3.63) is 5.92 Å². The Labute approximate surface area is 167 Å². The van der Waals surface area contributed by atoms with Gasteiger partial charge in [0.25, 0.3) is 0 Å². The summed E-state index contributed by atoms with van der Waals surface area (Å²) in [4.78, 5) is 0. The molecule has 0 bridgehead atoms. The summed E-state index contributed by atoms with van der Waals surface area (Å²) in [5.74, 6) is 2.45. The van der Waals surface area contributed by atoms with Gasteiger partial charge in [-0.25, -0.2) is 0 Å². The van der Waals surface area contributed by atoms with Gasteiger partial charge in [0.05, 0.1) is 50.8 Å². The van der Waals surface area contributed by atoms with Crippen molar-refractivity contribution in [1.29, 1.82) is 0 Å². The lowest BCUT2D eigenvalue weighted by Crippen LogP contribution is -2.42. The highest BCUT2D eigenvalue weighted by atomic mass is 16.7. The highest BCUT2D eigenvalue weighted by Crippen LogP contribution is 2.60. The number of hydrogen-bond acceptors (Lipinski definition) is 6. The van der Waals surface area contributed by atoms with E-state index in [9.17, 15) is 0 Å². The predicted octanol–water partition coefficient (Wildman–Crippen LogP) is 2.63. The van der Waals surface area contributed by atoms with Crippen LogP contribution in [-0.2, 0) is 28.4 Å². The van der Waals surface area contributed by atoms with E-state index < -0.39 is 0 Å². The molecule has 8 atom stereocenters. The van der Waals surface area contributed by atoms with E-state index in [-0.39, 0.29) is 23.9 Å². The molecule has 0 aromatic carbocycles. The van der Waals surface area contributed by atoms with Crippen molar-refractivity contribution in [2.24, 2.45) is 11.3 Å². The maximum atomic E-state index is 6.13. The molecule has 2 aliphatic carbocycles. The van der Waals surface area contributed by atoms with Crippen LogP contribution in [0.15, 0.2) is 0 Å². The quantitative estimate of drug-likeness (QED) is 0.420. The van der Waals surface area contributed by atoms with E-state index >= 15 is 0 Å². The molecule has 0 aromatic heterocycles. The average molecular weight is 394 g/mol. The van der Waals surface area contributed by atoms with Gasteiger partial charge in [0.15, 0.2) is 6.29 Å². The molecule has 0 amide bonds. The monoisotopic (exact) mass is 393 g/mol. The zero-order valence-corrected chi connectivity index (χ0v) is 16.8. The summed E-state index contributed by atoms with van der Waals surface area (Å²) >= 11 is 0. The van der Waals surface area contributed by atoms with E-state index in [1.165, 1.54) is 32.1 Å². The fraction of sp³-hybridized carbons (Fsp3) is 0.955. The molecule has 4 heterocycles. The van der Waals surface area contributed by atoms with E-state index in [0.29, 0.717) is 43.5 Å². The molecule has 6 aliphatic rings. The molecule has 4 saturated heterocycles. The Balaban J connectivity index is 1.10. The molecule has 8 unspecified atom stereocenters. The summed E-state index contributed by atoms with van der Waals surface area (Å²) < 4.78 is 34.7. The Kier molecular flexibility index (Phi) is 4.74. The van der Waals surface area contributed by atoms with Crippen molar-refractivity contribution in [3.63, 3.8) is 0 Å². The maximum absolute atomic E-state index is 6.13. The fourth-order valence-corrected chi connectivity index (χ4v) is 5.77. The molecule has 1 radical (unpaired) electrons. The van der Waals surface area contributed by atoms with Crippen molar-refractivity contribution in [1.82, 2.24) is 0 Å². The van der Waals surface area contributed by atoms with Crippen LogP contribution in [0.4, 0.5) is 0 Å². The van der Waals surface area contributed by atoms with E-state index in [1.807, 2.05) is 0 Å². The van der Waals surface area contributed by atoms with Crippen LogP contribution in [-0.4, -0.2) is 69.3 Å². The van der Waals surface area contributed by atoms with Gasteiger partial charge in [-0.05, 0) is 56.8 Å². The third-order valence-corrected chi connectivity index (χ3v) is 7.78. The number of epoxide rings is 4. The van der Waals surface area contributed by atoms with Gasteiger partial charge in [-0.1, -0.05) is 6.92 Å². The molecule has 157 valence electrons. The normalized spacial score (nSPS) is 49.8. The molecule has 2 saturated carbocycles. The Hall–Kier alpha value is -0.240. The highest BCUT2D eigenvalue weighted by molar-refractivity contribution is 5.22. The lowest BCUT2D eigenvalue weighted by molar-refractivity contribution is -0.154. The van der Waals surface area contributed by atoms with Crippen LogP contribution in [0.25, 0.3) is 0 Å². The van der Waals surface area contributed by atoms with Crippen molar-refractivity contribution in [2.45, 2.75) is 94.8 Å². The van der Waals surface area contributed by atoms with Crippen LogP contribution in [0.2, 0.25) is 0 Å². The lowest BCUT2D eigenvalue weighted by atomic mass is 9.58. The Morgan fingerprint density at radius 2 is 1.71 bits per heavy atom. The topological polar surface area (TPSA) is 68.6 Å². The molecule has 0 aromatic rings. The smallest absolute Gasteiger partial charge is 0.157 e. The summed E-state index contributed by atoms with van der Waals surface area (Å²) in [6.07, 6.45) is 10.5. The zero-order chi connectivity index (χ0) is 18.7. The minimum Gasteiger partial charge on any atom is -0.371 e. The second-order valence-corrected chi connectivity index (χ2v) is 9.85. The first-order valence-corrected chi connectivity index (χ1v) is 11.3. The maximum Gasteiger partial charge on any atom is 0.157 e. The van der Waals surface area contributed by atoms with Gasteiger partial charge in [-0.3, -0.25) is 0 Å². The first-order chi connectivity index (χ1) is 13.7. The van der Waals surface area contributed by atoms with Gasteiger partial charge in [-0.2, -0.15) is 0 Å². The Morgan fingerprint density at radius 3 is 2.39 bits per heavy atom. The van der Waals surface area contributed by atoms with Crippen LogP contribution in [0.5, 0.6) is 0 Å². The van der Waals surface area contributed by atoms with Crippen molar-refractivity contribution in [3.8, 4) is 0 Å². The highest BCUT2D eigenvalue weighted by Gasteiger charge is 2.61. The van der Waals surface area contributed by atoms with Crippen LogP contribution >= 0.6 is 0 Å². The molecule has 28 heavy (non-hydrogen) atoms. The number of rotatable bonds is 10. The van der Waals surface area contributed by atoms with Gasteiger partial charge in [0.2, 0.25) is 0 Å². The fourth-order valence-electron chi connectivity index (χ4n) is 5.77. The van der Waals surface area contributed by atoms with Gasteiger partial charge < -0.3 is 28.4 Å². The van der Waals surface area contributed by atoms with Crippen LogP contribution in [0, 0.1) is 17.3 Å². The summed E-state index contributed by atoms with van der Waals surface area (Å²) in [6, 6.07) is 0. The number of ether oxygens (including phenoxy) is 6. The molecule has 6 rings (SSSR count). The van der Waals surface area contributed by atoms with E-state index in [0.717, 1.165) is 26.1 Å².